The molecule has 1 fully saturated rings. The lowest BCUT2D eigenvalue weighted by atomic mass is 10.1. The van der Waals surface area contributed by atoms with Gasteiger partial charge in [0.15, 0.2) is 0 Å². The Hall–Kier alpha value is -3.15. The predicted molar refractivity (Wildman–Crippen MR) is 105 cm³/mol. The number of carboxylic acid groups (broad SMARTS) is 1. The minimum atomic E-state index is -0.960. The standard InChI is InChI=1S/C22H24N2O4/c25-20(12-9-16-7-10-17(11-8-16)22(27)28)23-14-18-4-1-2-5-19(18)15-24-13-3-6-21(24)26/h1-2,4-5,7-8,10-11H,3,6,9,12-15H2,(H,23,25)(H,27,28). The average Bonchev–Trinajstić information content (AvgIpc) is 3.10. The average molecular weight is 380 g/mol. The number of carbonyl (C=O) groups excluding carboxylic acids is 2. The molecule has 0 unspecified atom stereocenters. The summed E-state index contributed by atoms with van der Waals surface area (Å²) in [6.07, 6.45) is 2.41. The number of likely N-dealkylation sites (tertiary alicyclic amines) is 1. The summed E-state index contributed by atoms with van der Waals surface area (Å²) in [5.74, 6) is -0.833. The molecular formula is C22H24N2O4. The third-order valence-corrected chi connectivity index (χ3v) is 4.97. The number of nitrogens with zero attached hydrogens (tertiary/aromatic N) is 1. The molecule has 0 spiro atoms. The van der Waals surface area contributed by atoms with E-state index in [0.29, 0.717) is 32.4 Å². The molecule has 1 saturated heterocycles. The molecule has 0 saturated carbocycles. The normalized spacial score (nSPS) is 13.6. The maximum absolute atomic E-state index is 12.2. The highest BCUT2D eigenvalue weighted by atomic mass is 16.4. The highest BCUT2D eigenvalue weighted by molar-refractivity contribution is 5.87. The van der Waals surface area contributed by atoms with Crippen LogP contribution in [0.25, 0.3) is 0 Å². The third kappa shape index (κ3) is 5.19. The van der Waals surface area contributed by atoms with Gasteiger partial charge in [-0.25, -0.2) is 4.79 Å². The van der Waals surface area contributed by atoms with Crippen LogP contribution < -0.4 is 5.32 Å². The van der Waals surface area contributed by atoms with Crippen LogP contribution in [0.15, 0.2) is 48.5 Å². The number of amides is 2. The number of rotatable bonds is 8. The molecule has 3 rings (SSSR count). The topological polar surface area (TPSA) is 86.7 Å². The van der Waals surface area contributed by atoms with Gasteiger partial charge in [0.2, 0.25) is 11.8 Å². The van der Waals surface area contributed by atoms with Gasteiger partial charge in [0.1, 0.15) is 0 Å². The van der Waals surface area contributed by atoms with E-state index in [4.69, 9.17) is 5.11 Å². The molecule has 1 heterocycles. The van der Waals surface area contributed by atoms with Crippen molar-refractivity contribution >= 4 is 17.8 Å². The highest BCUT2D eigenvalue weighted by Gasteiger charge is 2.20. The van der Waals surface area contributed by atoms with E-state index in [2.05, 4.69) is 5.32 Å². The Balaban J connectivity index is 1.50. The van der Waals surface area contributed by atoms with Crippen LogP contribution in [0.1, 0.15) is 46.3 Å². The van der Waals surface area contributed by atoms with Crippen LogP contribution in [0.2, 0.25) is 0 Å². The first-order valence-electron chi connectivity index (χ1n) is 9.46. The summed E-state index contributed by atoms with van der Waals surface area (Å²) < 4.78 is 0. The maximum atomic E-state index is 12.2. The Kier molecular flexibility index (Phi) is 6.42. The fourth-order valence-corrected chi connectivity index (χ4v) is 3.32. The Bertz CT molecular complexity index is 861. The molecule has 2 aromatic carbocycles. The zero-order valence-electron chi connectivity index (χ0n) is 15.7. The van der Waals surface area contributed by atoms with Gasteiger partial charge in [0.25, 0.3) is 0 Å². The Morgan fingerprint density at radius 1 is 1.04 bits per heavy atom. The van der Waals surface area contributed by atoms with Gasteiger partial charge in [0, 0.05) is 32.5 Å². The van der Waals surface area contributed by atoms with E-state index in [9.17, 15) is 14.4 Å². The smallest absolute Gasteiger partial charge is 0.335 e. The number of aromatic carboxylic acids is 1. The Labute approximate surface area is 164 Å². The van der Waals surface area contributed by atoms with Crippen LogP contribution in [-0.2, 0) is 29.1 Å². The number of hydrogen-bond acceptors (Lipinski definition) is 3. The van der Waals surface area contributed by atoms with Crippen LogP contribution in [0.3, 0.4) is 0 Å². The van der Waals surface area contributed by atoms with Gasteiger partial charge in [-0.1, -0.05) is 36.4 Å². The van der Waals surface area contributed by atoms with Gasteiger partial charge in [-0.2, -0.15) is 0 Å². The van der Waals surface area contributed by atoms with E-state index in [0.717, 1.165) is 29.7 Å². The molecule has 0 aliphatic carbocycles. The van der Waals surface area contributed by atoms with Crippen molar-refractivity contribution in [2.75, 3.05) is 6.54 Å². The SMILES string of the molecule is O=C(CCc1ccc(C(=O)O)cc1)NCc1ccccc1CN1CCCC1=O. The predicted octanol–water partition coefficient (Wildman–Crippen LogP) is 2.76. The van der Waals surface area contributed by atoms with Gasteiger partial charge >= 0.3 is 5.97 Å². The first-order valence-corrected chi connectivity index (χ1v) is 9.46. The summed E-state index contributed by atoms with van der Waals surface area (Å²) in [6.45, 7) is 1.80. The summed E-state index contributed by atoms with van der Waals surface area (Å²) in [5.41, 5.74) is 3.23. The summed E-state index contributed by atoms with van der Waals surface area (Å²) in [7, 11) is 0. The lowest BCUT2D eigenvalue weighted by Crippen LogP contribution is -2.27. The molecule has 1 aliphatic heterocycles. The van der Waals surface area contributed by atoms with Crippen molar-refractivity contribution in [1.29, 1.82) is 0 Å². The van der Waals surface area contributed by atoms with Gasteiger partial charge in [-0.05, 0) is 41.7 Å². The van der Waals surface area contributed by atoms with Crippen molar-refractivity contribution < 1.29 is 19.5 Å². The van der Waals surface area contributed by atoms with Crippen molar-refractivity contribution in [2.45, 2.75) is 38.8 Å². The molecule has 0 radical (unpaired) electrons. The van der Waals surface area contributed by atoms with Crippen LogP contribution >= 0.6 is 0 Å². The summed E-state index contributed by atoms with van der Waals surface area (Å²) in [5, 5.41) is 11.9. The van der Waals surface area contributed by atoms with E-state index in [1.165, 1.54) is 0 Å². The Morgan fingerprint density at radius 2 is 1.75 bits per heavy atom. The Morgan fingerprint density at radius 3 is 2.39 bits per heavy atom. The largest absolute Gasteiger partial charge is 0.478 e. The number of hydrogen-bond donors (Lipinski definition) is 2. The van der Waals surface area contributed by atoms with Crippen LogP contribution in [0, 0.1) is 0 Å². The fourth-order valence-electron chi connectivity index (χ4n) is 3.32. The van der Waals surface area contributed by atoms with Gasteiger partial charge in [0.05, 0.1) is 5.56 Å². The van der Waals surface area contributed by atoms with Crippen LogP contribution in [0.4, 0.5) is 0 Å². The second kappa shape index (κ2) is 9.17. The number of aryl methyl sites for hydroxylation is 1. The molecule has 6 nitrogen and oxygen atoms in total. The molecule has 0 atom stereocenters. The molecular weight excluding hydrogens is 356 g/mol. The quantitative estimate of drug-likeness (QED) is 0.737. The molecule has 2 N–H and O–H groups in total. The van der Waals surface area contributed by atoms with Gasteiger partial charge in [-0.15, -0.1) is 0 Å². The maximum Gasteiger partial charge on any atom is 0.335 e. The van der Waals surface area contributed by atoms with Crippen molar-refractivity contribution in [3.63, 3.8) is 0 Å². The van der Waals surface area contributed by atoms with Crippen molar-refractivity contribution in [3.05, 3.63) is 70.8 Å². The second-order valence-corrected chi connectivity index (χ2v) is 6.97. The molecule has 6 heteroatoms. The second-order valence-electron chi connectivity index (χ2n) is 6.97. The van der Waals surface area contributed by atoms with Crippen molar-refractivity contribution in [2.24, 2.45) is 0 Å². The third-order valence-electron chi connectivity index (χ3n) is 4.97. The number of benzene rings is 2. The number of carbonyl (C=O) groups is 3. The van der Waals surface area contributed by atoms with Gasteiger partial charge < -0.3 is 15.3 Å². The summed E-state index contributed by atoms with van der Waals surface area (Å²) in [6, 6.07) is 14.4. The minimum absolute atomic E-state index is 0.0608. The van der Waals surface area contributed by atoms with E-state index < -0.39 is 5.97 Å². The number of carboxylic acids is 1. The summed E-state index contributed by atoms with van der Waals surface area (Å²) in [4.78, 5) is 36.8. The zero-order valence-corrected chi connectivity index (χ0v) is 15.7. The number of nitrogens with one attached hydrogen (secondary N) is 1. The highest BCUT2D eigenvalue weighted by Crippen LogP contribution is 2.17. The molecule has 2 aromatic rings. The van der Waals surface area contributed by atoms with Crippen molar-refractivity contribution in [3.8, 4) is 0 Å². The lowest BCUT2D eigenvalue weighted by Gasteiger charge is -2.18. The van der Waals surface area contributed by atoms with Gasteiger partial charge in [-0.3, -0.25) is 9.59 Å². The molecule has 1 aliphatic rings. The summed E-state index contributed by atoms with van der Waals surface area (Å²) >= 11 is 0. The van der Waals surface area contributed by atoms with E-state index in [1.807, 2.05) is 29.2 Å². The minimum Gasteiger partial charge on any atom is -0.478 e. The zero-order chi connectivity index (χ0) is 19.9. The molecule has 0 aromatic heterocycles. The van der Waals surface area contributed by atoms with E-state index >= 15 is 0 Å². The monoisotopic (exact) mass is 380 g/mol. The van der Waals surface area contributed by atoms with Crippen LogP contribution in [-0.4, -0.2) is 34.3 Å². The molecule has 0 bridgehead atoms. The van der Waals surface area contributed by atoms with Crippen molar-refractivity contribution in [1.82, 2.24) is 10.2 Å². The first kappa shape index (κ1) is 19.6. The first-order chi connectivity index (χ1) is 13.5. The van der Waals surface area contributed by atoms with E-state index in [1.54, 1.807) is 24.3 Å². The molecule has 146 valence electrons. The van der Waals surface area contributed by atoms with Crippen LogP contribution in [0.5, 0.6) is 0 Å². The lowest BCUT2D eigenvalue weighted by molar-refractivity contribution is -0.128. The molecule has 2 amide bonds. The fraction of sp³-hybridized carbons (Fsp3) is 0.318. The molecule has 28 heavy (non-hydrogen) atoms. The van der Waals surface area contributed by atoms with E-state index in [-0.39, 0.29) is 17.4 Å².